The van der Waals surface area contributed by atoms with Gasteiger partial charge in [0.05, 0.1) is 0 Å². The average molecular weight is 348 g/mol. The molecular weight excluding hydrogens is 314 g/mol. The van der Waals surface area contributed by atoms with Gasteiger partial charge in [0.25, 0.3) is 0 Å². The summed E-state index contributed by atoms with van der Waals surface area (Å²) in [5.41, 5.74) is 1.91. The minimum atomic E-state index is 0.567. The number of hydrogen-bond donors (Lipinski definition) is 0. The van der Waals surface area contributed by atoms with Crippen molar-refractivity contribution < 1.29 is 0 Å². The highest BCUT2D eigenvalue weighted by molar-refractivity contribution is 5.37. The van der Waals surface area contributed by atoms with Gasteiger partial charge in [0, 0.05) is 23.6 Å². The topological polar surface area (TPSA) is 12.9 Å². The van der Waals surface area contributed by atoms with Crippen LogP contribution >= 0.6 is 0 Å². The molecule has 2 saturated carbocycles. The lowest BCUT2D eigenvalue weighted by molar-refractivity contribution is 0.309. The zero-order chi connectivity index (χ0) is 18.2. The van der Waals surface area contributed by atoms with Crippen molar-refractivity contribution in [2.75, 3.05) is 0 Å². The van der Waals surface area contributed by atoms with Crippen molar-refractivity contribution in [3.05, 3.63) is 29.6 Å². The van der Waals surface area contributed by atoms with E-state index in [1.54, 1.807) is 0 Å². The fourth-order valence-electron chi connectivity index (χ4n) is 4.33. The molecule has 3 rings (SSSR count). The highest BCUT2D eigenvalue weighted by Crippen LogP contribution is 2.31. The summed E-state index contributed by atoms with van der Waals surface area (Å²) >= 11 is 0. The predicted molar refractivity (Wildman–Crippen MR) is 109 cm³/mol. The van der Waals surface area contributed by atoms with Gasteiger partial charge in [-0.3, -0.25) is 0 Å². The van der Waals surface area contributed by atoms with Crippen molar-refractivity contribution in [1.82, 2.24) is 4.98 Å². The molecule has 1 heteroatoms. The van der Waals surface area contributed by atoms with E-state index in [9.17, 15) is 0 Å². The molecular formula is C25H33N. The maximum absolute atomic E-state index is 4.51. The van der Waals surface area contributed by atoms with Crippen LogP contribution in [0.4, 0.5) is 0 Å². The fourth-order valence-corrected chi connectivity index (χ4v) is 4.33. The average Bonchev–Trinajstić information content (AvgIpc) is 2.72. The van der Waals surface area contributed by atoms with E-state index in [4.69, 9.17) is 0 Å². The first-order valence-corrected chi connectivity index (χ1v) is 10.8. The van der Waals surface area contributed by atoms with Crippen molar-refractivity contribution in [2.24, 2.45) is 23.7 Å². The number of pyridine rings is 1. The molecule has 0 N–H and O–H groups in total. The zero-order valence-corrected chi connectivity index (χ0v) is 16.6. The van der Waals surface area contributed by atoms with Crippen LogP contribution in [0, 0.1) is 47.4 Å². The van der Waals surface area contributed by atoms with Gasteiger partial charge in [-0.15, -0.1) is 0 Å². The Morgan fingerprint density at radius 1 is 0.769 bits per heavy atom. The van der Waals surface area contributed by atoms with Crippen molar-refractivity contribution >= 4 is 0 Å². The molecule has 1 nitrogen and oxygen atoms in total. The number of rotatable bonds is 2. The van der Waals surface area contributed by atoms with E-state index in [0.717, 1.165) is 23.1 Å². The summed E-state index contributed by atoms with van der Waals surface area (Å²) in [6.07, 6.45) is 15.0. The third kappa shape index (κ3) is 5.64. The molecule has 1 aromatic heterocycles. The molecule has 0 aromatic carbocycles. The van der Waals surface area contributed by atoms with E-state index in [0.29, 0.717) is 11.8 Å². The van der Waals surface area contributed by atoms with Gasteiger partial charge in [-0.2, -0.15) is 0 Å². The lowest BCUT2D eigenvalue weighted by Gasteiger charge is -2.24. The normalized spacial score (nSPS) is 28.4. The molecule has 2 aliphatic rings. The maximum Gasteiger partial charge on any atom is 0.113 e. The maximum atomic E-state index is 4.51. The largest absolute Gasteiger partial charge is 0.246 e. The lowest BCUT2D eigenvalue weighted by atomic mass is 9.81. The predicted octanol–water partition coefficient (Wildman–Crippen LogP) is 6.22. The fraction of sp³-hybridized carbons (Fsp3) is 0.640. The standard InChI is InChI=1S/C25H33N/c1-3-20-5-9-22(10-6-20)13-14-24-16-18-25(26-19-24)17-15-23-11-7-21(4-2)8-12-23/h16,18-23H,3-12H2,1-2H3/t20-,21-,22-,23-. The summed E-state index contributed by atoms with van der Waals surface area (Å²) in [6, 6.07) is 4.11. The molecule has 1 aromatic rings. The van der Waals surface area contributed by atoms with Gasteiger partial charge in [0.2, 0.25) is 0 Å². The van der Waals surface area contributed by atoms with Gasteiger partial charge < -0.3 is 0 Å². The number of nitrogens with zero attached hydrogens (tertiary/aromatic N) is 1. The van der Waals surface area contributed by atoms with Gasteiger partial charge in [0.15, 0.2) is 0 Å². The van der Waals surface area contributed by atoms with Crippen molar-refractivity contribution in [1.29, 1.82) is 0 Å². The monoisotopic (exact) mass is 347 g/mol. The van der Waals surface area contributed by atoms with Gasteiger partial charge in [0.1, 0.15) is 5.69 Å². The summed E-state index contributed by atoms with van der Waals surface area (Å²) in [5.74, 6) is 16.5. The summed E-state index contributed by atoms with van der Waals surface area (Å²) in [4.78, 5) is 4.51. The quantitative estimate of drug-likeness (QED) is 0.579. The van der Waals surface area contributed by atoms with Crippen molar-refractivity contribution in [3.8, 4) is 23.7 Å². The molecule has 138 valence electrons. The Morgan fingerprint density at radius 3 is 1.77 bits per heavy atom. The van der Waals surface area contributed by atoms with Crippen LogP contribution in [0.3, 0.4) is 0 Å². The summed E-state index contributed by atoms with van der Waals surface area (Å²) in [5, 5.41) is 0. The minimum absolute atomic E-state index is 0.567. The Kier molecular flexibility index (Phi) is 7.20. The highest BCUT2D eigenvalue weighted by Gasteiger charge is 2.18. The number of aromatic nitrogens is 1. The van der Waals surface area contributed by atoms with Crippen LogP contribution in [-0.4, -0.2) is 4.98 Å². The first-order valence-electron chi connectivity index (χ1n) is 10.8. The molecule has 0 aliphatic heterocycles. The van der Waals surface area contributed by atoms with E-state index in [1.165, 1.54) is 64.2 Å². The molecule has 0 bridgehead atoms. The third-order valence-corrected chi connectivity index (χ3v) is 6.44. The zero-order valence-electron chi connectivity index (χ0n) is 16.6. The molecule has 0 amide bonds. The SMILES string of the molecule is CC[C@H]1CC[C@H](C#Cc2ccc(C#C[C@H]3CC[C@H](CC)CC3)nc2)CC1. The Morgan fingerprint density at radius 2 is 1.31 bits per heavy atom. The second-order valence-corrected chi connectivity index (χ2v) is 8.22. The molecule has 2 fully saturated rings. The molecule has 0 atom stereocenters. The van der Waals surface area contributed by atoms with Crippen LogP contribution in [0.15, 0.2) is 18.3 Å². The van der Waals surface area contributed by atoms with Crippen LogP contribution in [0.25, 0.3) is 0 Å². The molecule has 0 saturated heterocycles. The Hall–Kier alpha value is -1.73. The van der Waals surface area contributed by atoms with Gasteiger partial charge in [-0.05, 0) is 81.3 Å². The van der Waals surface area contributed by atoms with E-state index >= 15 is 0 Å². The smallest absolute Gasteiger partial charge is 0.113 e. The van der Waals surface area contributed by atoms with Crippen LogP contribution < -0.4 is 0 Å². The summed E-state index contributed by atoms with van der Waals surface area (Å²) in [6.45, 7) is 4.62. The molecule has 0 radical (unpaired) electrons. The van der Waals surface area contributed by atoms with Gasteiger partial charge in [-0.1, -0.05) is 44.5 Å². The Balaban J connectivity index is 1.50. The first-order chi connectivity index (χ1) is 12.8. The van der Waals surface area contributed by atoms with E-state index in [-0.39, 0.29) is 0 Å². The van der Waals surface area contributed by atoms with Gasteiger partial charge in [-0.25, -0.2) is 4.98 Å². The number of hydrogen-bond acceptors (Lipinski definition) is 1. The van der Waals surface area contributed by atoms with Crippen LogP contribution in [0.2, 0.25) is 0 Å². The molecule has 0 unspecified atom stereocenters. The molecule has 0 spiro atoms. The second kappa shape index (κ2) is 9.83. The molecule has 2 aliphatic carbocycles. The Labute approximate surface area is 160 Å². The molecule has 1 heterocycles. The summed E-state index contributed by atoms with van der Waals surface area (Å²) < 4.78 is 0. The van der Waals surface area contributed by atoms with Crippen LogP contribution in [-0.2, 0) is 0 Å². The lowest BCUT2D eigenvalue weighted by Crippen LogP contribution is -2.12. The minimum Gasteiger partial charge on any atom is -0.246 e. The highest BCUT2D eigenvalue weighted by atomic mass is 14.7. The third-order valence-electron chi connectivity index (χ3n) is 6.44. The van der Waals surface area contributed by atoms with Crippen molar-refractivity contribution in [3.63, 3.8) is 0 Å². The Bertz CT molecular complexity index is 602. The summed E-state index contributed by atoms with van der Waals surface area (Å²) in [7, 11) is 0. The second-order valence-electron chi connectivity index (χ2n) is 8.22. The van der Waals surface area contributed by atoms with E-state index in [1.807, 2.05) is 12.3 Å². The molecule has 26 heavy (non-hydrogen) atoms. The van der Waals surface area contributed by atoms with Crippen LogP contribution in [0.1, 0.15) is 89.3 Å². The van der Waals surface area contributed by atoms with Gasteiger partial charge >= 0.3 is 0 Å². The first kappa shape index (κ1) is 19.0. The van der Waals surface area contributed by atoms with Crippen LogP contribution in [0.5, 0.6) is 0 Å². The van der Waals surface area contributed by atoms with E-state index < -0.39 is 0 Å². The van der Waals surface area contributed by atoms with Crippen molar-refractivity contribution in [2.45, 2.75) is 78.1 Å². The van der Waals surface area contributed by atoms with E-state index in [2.05, 4.69) is 48.6 Å².